The lowest BCUT2D eigenvalue weighted by Gasteiger charge is -2.27. The van der Waals surface area contributed by atoms with E-state index in [9.17, 15) is 28.8 Å². The number of rotatable bonds is 16. The SMILES string of the molecule is CCCC(=O)OCCOCCOCCCCCC(=O)Nc1cccc2c1C(=O)N(C1CCC(=O)NC1=O)C2=O. The molecule has 1 fully saturated rings. The van der Waals surface area contributed by atoms with E-state index in [4.69, 9.17) is 14.2 Å². The molecular formula is C27H35N3O9. The Kier molecular flexibility index (Phi) is 11.6. The average Bonchev–Trinajstić information content (AvgIpc) is 3.15. The molecule has 12 heteroatoms. The number of esters is 1. The first-order valence-corrected chi connectivity index (χ1v) is 13.3. The zero-order valence-electron chi connectivity index (χ0n) is 22.1. The number of nitrogens with zero attached hydrogens (tertiary/aromatic N) is 1. The summed E-state index contributed by atoms with van der Waals surface area (Å²) < 4.78 is 15.8. The van der Waals surface area contributed by atoms with Crippen molar-refractivity contribution in [1.82, 2.24) is 10.2 Å². The summed E-state index contributed by atoms with van der Waals surface area (Å²) in [6.07, 6.45) is 3.61. The highest BCUT2D eigenvalue weighted by atomic mass is 16.6. The molecule has 0 radical (unpaired) electrons. The molecule has 0 aliphatic carbocycles. The first-order chi connectivity index (χ1) is 18.8. The third kappa shape index (κ3) is 8.42. The molecule has 212 valence electrons. The van der Waals surface area contributed by atoms with Crippen LogP contribution in [0.2, 0.25) is 0 Å². The van der Waals surface area contributed by atoms with Crippen LogP contribution in [-0.2, 0) is 33.4 Å². The lowest BCUT2D eigenvalue weighted by atomic mass is 10.0. The van der Waals surface area contributed by atoms with Crippen LogP contribution in [0, 0.1) is 0 Å². The van der Waals surface area contributed by atoms with Crippen LogP contribution in [0.3, 0.4) is 0 Å². The Hall–Kier alpha value is -3.64. The number of imide groups is 2. The highest BCUT2D eigenvalue weighted by Gasteiger charge is 2.45. The van der Waals surface area contributed by atoms with Gasteiger partial charge in [0, 0.05) is 25.9 Å². The number of benzene rings is 1. The highest BCUT2D eigenvalue weighted by Crippen LogP contribution is 2.32. The predicted molar refractivity (Wildman–Crippen MR) is 138 cm³/mol. The topological polar surface area (TPSA) is 157 Å². The average molecular weight is 546 g/mol. The lowest BCUT2D eigenvalue weighted by Crippen LogP contribution is -2.54. The first kappa shape index (κ1) is 29.9. The van der Waals surface area contributed by atoms with Crippen LogP contribution in [0.15, 0.2) is 18.2 Å². The molecule has 0 saturated carbocycles. The number of unbranched alkanes of at least 4 members (excludes halogenated alkanes) is 2. The molecule has 3 rings (SSSR count). The minimum Gasteiger partial charge on any atom is -0.463 e. The van der Waals surface area contributed by atoms with Crippen molar-refractivity contribution in [3.05, 3.63) is 29.3 Å². The Balaban J connectivity index is 1.33. The maximum Gasteiger partial charge on any atom is 0.305 e. The first-order valence-electron chi connectivity index (χ1n) is 13.3. The van der Waals surface area contributed by atoms with E-state index in [0.717, 1.165) is 24.2 Å². The van der Waals surface area contributed by atoms with Gasteiger partial charge in [0.15, 0.2) is 0 Å². The second kappa shape index (κ2) is 15.1. The van der Waals surface area contributed by atoms with Gasteiger partial charge in [0.25, 0.3) is 11.8 Å². The van der Waals surface area contributed by atoms with E-state index in [1.54, 1.807) is 12.1 Å². The van der Waals surface area contributed by atoms with E-state index in [2.05, 4.69) is 10.6 Å². The number of carbonyl (C=O) groups excluding carboxylic acids is 6. The number of fused-ring (bicyclic) bond motifs is 1. The molecule has 2 heterocycles. The lowest BCUT2D eigenvalue weighted by molar-refractivity contribution is -0.145. The molecule has 5 amide bonds. The van der Waals surface area contributed by atoms with E-state index in [0.29, 0.717) is 39.3 Å². The van der Waals surface area contributed by atoms with E-state index in [-0.39, 0.29) is 54.6 Å². The van der Waals surface area contributed by atoms with E-state index >= 15 is 0 Å². The van der Waals surface area contributed by atoms with Crippen molar-refractivity contribution in [2.45, 2.75) is 64.3 Å². The van der Waals surface area contributed by atoms with Crippen LogP contribution in [0.4, 0.5) is 5.69 Å². The Morgan fingerprint density at radius 1 is 0.949 bits per heavy atom. The number of hydrogen-bond donors (Lipinski definition) is 2. The van der Waals surface area contributed by atoms with E-state index < -0.39 is 29.7 Å². The fraction of sp³-hybridized carbons (Fsp3) is 0.556. The Bertz CT molecular complexity index is 1090. The number of ether oxygens (including phenoxy) is 3. The molecule has 2 aliphatic rings. The van der Waals surface area contributed by atoms with Gasteiger partial charge >= 0.3 is 5.97 Å². The summed E-state index contributed by atoms with van der Waals surface area (Å²) in [6.45, 7) is 3.81. The second-order valence-electron chi connectivity index (χ2n) is 9.23. The van der Waals surface area contributed by atoms with E-state index in [1.807, 2.05) is 6.92 Å². The van der Waals surface area contributed by atoms with Gasteiger partial charge in [-0.15, -0.1) is 0 Å². The minimum atomic E-state index is -1.07. The number of anilines is 1. The van der Waals surface area contributed by atoms with Gasteiger partial charge < -0.3 is 19.5 Å². The van der Waals surface area contributed by atoms with Gasteiger partial charge in [-0.1, -0.05) is 19.4 Å². The summed E-state index contributed by atoms with van der Waals surface area (Å²) in [4.78, 5) is 74.3. The predicted octanol–water partition coefficient (Wildman–Crippen LogP) is 1.96. The molecule has 1 aromatic rings. The summed E-state index contributed by atoms with van der Waals surface area (Å²) in [5.74, 6) is -2.94. The fourth-order valence-corrected chi connectivity index (χ4v) is 4.31. The Morgan fingerprint density at radius 3 is 2.44 bits per heavy atom. The van der Waals surface area contributed by atoms with Crippen molar-refractivity contribution >= 4 is 41.2 Å². The third-order valence-electron chi connectivity index (χ3n) is 6.25. The Labute approximate surface area is 226 Å². The van der Waals surface area contributed by atoms with Gasteiger partial charge in [-0.05, 0) is 37.8 Å². The molecule has 39 heavy (non-hydrogen) atoms. The van der Waals surface area contributed by atoms with Gasteiger partial charge in [-0.3, -0.25) is 39.0 Å². The van der Waals surface area contributed by atoms with Gasteiger partial charge in [0.1, 0.15) is 12.6 Å². The van der Waals surface area contributed by atoms with Crippen LogP contribution in [-0.4, -0.2) is 79.5 Å². The molecule has 12 nitrogen and oxygen atoms in total. The molecule has 2 aliphatic heterocycles. The minimum absolute atomic E-state index is 0.0318. The molecule has 1 saturated heterocycles. The largest absolute Gasteiger partial charge is 0.463 e. The normalized spacial score (nSPS) is 16.7. The molecule has 2 N–H and O–H groups in total. The molecule has 1 atom stereocenters. The number of hydrogen-bond acceptors (Lipinski definition) is 9. The monoisotopic (exact) mass is 545 g/mol. The van der Waals surface area contributed by atoms with Crippen LogP contribution < -0.4 is 10.6 Å². The van der Waals surface area contributed by atoms with E-state index in [1.165, 1.54) is 6.07 Å². The summed E-state index contributed by atoms with van der Waals surface area (Å²) >= 11 is 0. The van der Waals surface area contributed by atoms with Crippen molar-refractivity contribution in [1.29, 1.82) is 0 Å². The van der Waals surface area contributed by atoms with Crippen molar-refractivity contribution in [3.8, 4) is 0 Å². The molecule has 0 bridgehead atoms. The number of carbonyl (C=O) groups is 6. The molecule has 0 spiro atoms. The zero-order valence-corrected chi connectivity index (χ0v) is 22.1. The van der Waals surface area contributed by atoms with Gasteiger partial charge in [0.05, 0.1) is 36.6 Å². The maximum absolute atomic E-state index is 13.1. The summed E-state index contributed by atoms with van der Waals surface area (Å²) in [5.41, 5.74) is 0.380. The number of piperidine rings is 1. The van der Waals surface area contributed by atoms with Crippen molar-refractivity contribution in [2.75, 3.05) is 38.4 Å². The highest BCUT2D eigenvalue weighted by molar-refractivity contribution is 6.26. The second-order valence-corrected chi connectivity index (χ2v) is 9.23. The van der Waals surface area contributed by atoms with Gasteiger partial charge in [-0.25, -0.2) is 0 Å². The van der Waals surface area contributed by atoms with Gasteiger partial charge in [0.2, 0.25) is 17.7 Å². The van der Waals surface area contributed by atoms with Crippen LogP contribution in [0.1, 0.15) is 79.0 Å². The maximum atomic E-state index is 13.1. The van der Waals surface area contributed by atoms with Gasteiger partial charge in [-0.2, -0.15) is 0 Å². The third-order valence-corrected chi connectivity index (χ3v) is 6.25. The summed E-state index contributed by atoms with van der Waals surface area (Å²) in [5, 5.41) is 4.87. The summed E-state index contributed by atoms with van der Waals surface area (Å²) in [7, 11) is 0. The van der Waals surface area contributed by atoms with Crippen LogP contribution in [0.25, 0.3) is 0 Å². The quantitative estimate of drug-likeness (QED) is 0.180. The molecule has 1 unspecified atom stereocenters. The molecule has 0 aromatic heterocycles. The number of nitrogens with one attached hydrogen (secondary N) is 2. The molecular weight excluding hydrogens is 510 g/mol. The zero-order chi connectivity index (χ0) is 28.2. The smallest absolute Gasteiger partial charge is 0.305 e. The Morgan fingerprint density at radius 2 is 1.69 bits per heavy atom. The van der Waals surface area contributed by atoms with Crippen molar-refractivity contribution in [2.24, 2.45) is 0 Å². The standard InChI is InChI=1S/C27H35N3O9/c1-2-7-23(33)39-17-16-38-15-14-37-13-5-3-4-10-21(31)28-19-9-6-8-18-24(19)27(36)30(26(18)35)20-11-12-22(32)29-25(20)34/h6,8-9,20H,2-5,7,10-17H2,1H3,(H,28,31)(H,29,32,34). The van der Waals surface area contributed by atoms with Crippen molar-refractivity contribution < 1.29 is 43.0 Å². The van der Waals surface area contributed by atoms with Crippen LogP contribution >= 0.6 is 0 Å². The van der Waals surface area contributed by atoms with Crippen LogP contribution in [0.5, 0.6) is 0 Å². The van der Waals surface area contributed by atoms with Crippen molar-refractivity contribution in [3.63, 3.8) is 0 Å². The summed E-state index contributed by atoms with van der Waals surface area (Å²) in [6, 6.07) is 3.52. The molecule has 1 aromatic carbocycles. The number of amides is 5. The fourth-order valence-electron chi connectivity index (χ4n) is 4.31.